The molecular weight excluding hydrogens is 436 g/mol. The number of aromatic hydroxyl groups is 2. The van der Waals surface area contributed by atoms with Gasteiger partial charge in [-0.1, -0.05) is 24.3 Å². The van der Waals surface area contributed by atoms with Crippen molar-refractivity contribution in [1.29, 1.82) is 0 Å². The van der Waals surface area contributed by atoms with E-state index in [4.69, 9.17) is 9.15 Å². The van der Waals surface area contributed by atoms with E-state index < -0.39 is 17.1 Å². The lowest BCUT2D eigenvalue weighted by Gasteiger charge is -2.19. The molecule has 2 aromatic heterocycles. The summed E-state index contributed by atoms with van der Waals surface area (Å²) < 4.78 is 10.9. The van der Waals surface area contributed by atoms with E-state index in [1.807, 2.05) is 30.5 Å². The zero-order valence-corrected chi connectivity index (χ0v) is 18.9. The average Bonchev–Trinajstić information content (AvgIpc) is 3.23. The maximum atomic E-state index is 12.9. The number of aromatic amines is 1. The summed E-state index contributed by atoms with van der Waals surface area (Å²) in [4.78, 5) is 28.3. The number of carbonyl (C=O) groups is 1. The van der Waals surface area contributed by atoms with Crippen molar-refractivity contribution in [1.82, 2.24) is 10.3 Å². The number of phenols is 1. The smallest absolute Gasteiger partial charge is 0.227 e. The minimum Gasteiger partial charge on any atom is -0.504 e. The van der Waals surface area contributed by atoms with E-state index in [2.05, 4.69) is 10.3 Å². The monoisotopic (exact) mass is 462 g/mol. The van der Waals surface area contributed by atoms with Crippen molar-refractivity contribution in [3.63, 3.8) is 0 Å². The molecule has 4 rings (SSSR count). The largest absolute Gasteiger partial charge is 0.504 e. The first-order chi connectivity index (χ1) is 16.4. The number of phenolic OH excluding ortho intramolecular Hbond substituents is 1. The molecule has 2 heterocycles. The van der Waals surface area contributed by atoms with Crippen LogP contribution in [0.25, 0.3) is 10.9 Å². The van der Waals surface area contributed by atoms with Gasteiger partial charge in [-0.15, -0.1) is 0 Å². The molecule has 1 amide bonds. The molecule has 176 valence electrons. The second-order valence-corrected chi connectivity index (χ2v) is 8.08. The Morgan fingerprint density at radius 1 is 1.18 bits per heavy atom. The highest BCUT2D eigenvalue weighted by molar-refractivity contribution is 5.83. The van der Waals surface area contributed by atoms with Gasteiger partial charge in [-0.2, -0.15) is 0 Å². The Morgan fingerprint density at radius 2 is 1.97 bits per heavy atom. The van der Waals surface area contributed by atoms with Gasteiger partial charge in [0.05, 0.1) is 13.0 Å². The molecule has 0 bridgehead atoms. The summed E-state index contributed by atoms with van der Waals surface area (Å²) in [5, 5.41) is 24.4. The van der Waals surface area contributed by atoms with Crippen LogP contribution in [0.15, 0.2) is 63.9 Å². The van der Waals surface area contributed by atoms with Crippen molar-refractivity contribution < 1.29 is 24.2 Å². The van der Waals surface area contributed by atoms with Crippen LogP contribution in [0.3, 0.4) is 0 Å². The Hall–Kier alpha value is -4.20. The van der Waals surface area contributed by atoms with E-state index in [0.29, 0.717) is 24.3 Å². The Labute approximate surface area is 195 Å². The lowest BCUT2D eigenvalue weighted by Crippen LogP contribution is -2.27. The highest BCUT2D eigenvalue weighted by Gasteiger charge is 2.26. The van der Waals surface area contributed by atoms with Crippen LogP contribution in [0, 0.1) is 6.92 Å². The standard InChI is InChI=1S/C26H26N2O6/c1-15-11-22(30)25(32)26(34-15)19(16-7-8-21(29)23(12-16)33-2)13-24(31)27-10-9-17-14-28-20-6-4-3-5-18(17)20/h3-8,11-12,14,19,28-29,32H,9-10,13H2,1-2H3,(H,27,31)/t19-/m1/s1. The molecule has 34 heavy (non-hydrogen) atoms. The fraction of sp³-hybridized carbons (Fsp3) is 0.231. The van der Waals surface area contributed by atoms with Crippen LogP contribution in [0.4, 0.5) is 0 Å². The molecule has 0 saturated heterocycles. The number of aromatic nitrogens is 1. The topological polar surface area (TPSA) is 125 Å². The zero-order valence-electron chi connectivity index (χ0n) is 18.9. The molecule has 0 aliphatic rings. The fourth-order valence-corrected chi connectivity index (χ4v) is 4.07. The summed E-state index contributed by atoms with van der Waals surface area (Å²) in [5.74, 6) is -1.15. The Bertz CT molecular complexity index is 1390. The van der Waals surface area contributed by atoms with Crippen LogP contribution < -0.4 is 15.5 Å². The van der Waals surface area contributed by atoms with Gasteiger partial charge in [-0.3, -0.25) is 9.59 Å². The molecule has 0 aliphatic carbocycles. The second kappa shape index (κ2) is 9.74. The predicted octanol–water partition coefficient (Wildman–Crippen LogP) is 3.73. The van der Waals surface area contributed by atoms with Gasteiger partial charge in [0.15, 0.2) is 17.3 Å². The number of rotatable bonds is 8. The summed E-state index contributed by atoms with van der Waals surface area (Å²) in [6.07, 6.45) is 2.49. The number of nitrogens with one attached hydrogen (secondary N) is 2. The van der Waals surface area contributed by atoms with Gasteiger partial charge in [0, 0.05) is 36.1 Å². The van der Waals surface area contributed by atoms with Crippen LogP contribution >= 0.6 is 0 Å². The van der Waals surface area contributed by atoms with Crippen molar-refractivity contribution in [2.24, 2.45) is 0 Å². The number of benzene rings is 2. The zero-order chi connectivity index (χ0) is 24.2. The van der Waals surface area contributed by atoms with Gasteiger partial charge in [-0.25, -0.2) is 0 Å². The number of amides is 1. The maximum absolute atomic E-state index is 12.9. The first-order valence-corrected chi connectivity index (χ1v) is 10.9. The summed E-state index contributed by atoms with van der Waals surface area (Å²) >= 11 is 0. The molecule has 0 radical (unpaired) electrons. The molecule has 4 aromatic rings. The summed E-state index contributed by atoms with van der Waals surface area (Å²) in [6.45, 7) is 2.01. The molecule has 0 saturated carbocycles. The lowest BCUT2D eigenvalue weighted by molar-refractivity contribution is -0.121. The van der Waals surface area contributed by atoms with Gasteiger partial charge in [0.1, 0.15) is 5.76 Å². The van der Waals surface area contributed by atoms with E-state index in [-0.39, 0.29) is 29.6 Å². The lowest BCUT2D eigenvalue weighted by atomic mass is 9.91. The molecule has 0 fully saturated rings. The molecule has 1 atom stereocenters. The van der Waals surface area contributed by atoms with Crippen molar-refractivity contribution >= 4 is 16.8 Å². The summed E-state index contributed by atoms with van der Waals surface area (Å²) in [5.41, 5.74) is 2.09. The van der Waals surface area contributed by atoms with Crippen molar-refractivity contribution in [3.8, 4) is 17.2 Å². The first-order valence-electron chi connectivity index (χ1n) is 10.9. The van der Waals surface area contributed by atoms with E-state index in [1.54, 1.807) is 19.1 Å². The van der Waals surface area contributed by atoms with Crippen molar-refractivity contribution in [2.75, 3.05) is 13.7 Å². The second-order valence-electron chi connectivity index (χ2n) is 8.08. The normalized spacial score (nSPS) is 11.9. The quantitative estimate of drug-likeness (QED) is 0.316. The number of aryl methyl sites for hydroxylation is 1. The number of hydrogen-bond donors (Lipinski definition) is 4. The fourth-order valence-electron chi connectivity index (χ4n) is 4.07. The van der Waals surface area contributed by atoms with E-state index >= 15 is 0 Å². The third kappa shape index (κ3) is 4.76. The number of para-hydroxylation sites is 1. The summed E-state index contributed by atoms with van der Waals surface area (Å²) in [7, 11) is 1.41. The SMILES string of the molecule is COc1cc([C@@H](CC(=O)NCCc2c[nH]c3ccccc23)c2oc(C)cc(=O)c2O)ccc1O. The predicted molar refractivity (Wildman–Crippen MR) is 128 cm³/mol. The van der Waals surface area contributed by atoms with Crippen LogP contribution in [0.1, 0.15) is 35.0 Å². The Morgan fingerprint density at radius 3 is 2.76 bits per heavy atom. The van der Waals surface area contributed by atoms with E-state index in [9.17, 15) is 19.8 Å². The van der Waals surface area contributed by atoms with Gasteiger partial charge in [0.2, 0.25) is 17.1 Å². The van der Waals surface area contributed by atoms with E-state index in [1.165, 1.54) is 19.2 Å². The minimum atomic E-state index is -0.768. The highest BCUT2D eigenvalue weighted by Crippen LogP contribution is 2.37. The van der Waals surface area contributed by atoms with Crippen molar-refractivity contribution in [3.05, 3.63) is 87.6 Å². The number of fused-ring (bicyclic) bond motifs is 1. The molecule has 2 aromatic carbocycles. The van der Waals surface area contributed by atoms with E-state index in [0.717, 1.165) is 16.5 Å². The van der Waals surface area contributed by atoms with Gasteiger partial charge in [-0.05, 0) is 42.7 Å². The number of H-pyrrole nitrogens is 1. The minimum absolute atomic E-state index is 0.00970. The van der Waals surface area contributed by atoms with Crippen LogP contribution in [-0.2, 0) is 11.2 Å². The van der Waals surface area contributed by atoms with Gasteiger partial charge in [0.25, 0.3) is 0 Å². The molecule has 4 N–H and O–H groups in total. The number of carbonyl (C=O) groups excluding carboxylic acids is 1. The molecule has 8 heteroatoms. The maximum Gasteiger partial charge on any atom is 0.227 e. The van der Waals surface area contributed by atoms with Gasteiger partial charge < -0.3 is 29.7 Å². The third-order valence-electron chi connectivity index (χ3n) is 5.78. The Balaban J connectivity index is 1.55. The van der Waals surface area contributed by atoms with Crippen LogP contribution in [0.2, 0.25) is 0 Å². The molecule has 0 unspecified atom stereocenters. The molecule has 8 nitrogen and oxygen atoms in total. The third-order valence-corrected chi connectivity index (χ3v) is 5.78. The molecule has 0 aliphatic heterocycles. The molecular formula is C26H26N2O6. The van der Waals surface area contributed by atoms with Gasteiger partial charge >= 0.3 is 0 Å². The van der Waals surface area contributed by atoms with Crippen LogP contribution in [0.5, 0.6) is 17.2 Å². The number of ether oxygens (including phenoxy) is 1. The first kappa shape index (κ1) is 23.0. The number of methoxy groups -OCH3 is 1. The molecule has 0 spiro atoms. The van der Waals surface area contributed by atoms with Crippen molar-refractivity contribution in [2.45, 2.75) is 25.7 Å². The number of hydrogen-bond acceptors (Lipinski definition) is 6. The highest BCUT2D eigenvalue weighted by atomic mass is 16.5. The Kier molecular flexibility index (Phi) is 6.58. The van der Waals surface area contributed by atoms with Crippen LogP contribution in [-0.4, -0.2) is 34.8 Å². The summed E-state index contributed by atoms with van der Waals surface area (Å²) in [6, 6.07) is 13.7. The average molecular weight is 463 g/mol.